The van der Waals surface area contributed by atoms with Crippen LogP contribution in [0.15, 0.2) is 59.7 Å². The lowest BCUT2D eigenvalue weighted by atomic mass is 9.96. The van der Waals surface area contributed by atoms with E-state index in [1.54, 1.807) is 35.2 Å². The minimum absolute atomic E-state index is 0.00513. The van der Waals surface area contributed by atoms with Gasteiger partial charge in [-0.15, -0.1) is 0 Å². The highest BCUT2D eigenvalue weighted by molar-refractivity contribution is 5.48. The van der Waals surface area contributed by atoms with E-state index in [1.807, 2.05) is 36.9 Å². The lowest BCUT2D eigenvalue weighted by Gasteiger charge is -2.40. The molecule has 1 aromatic carbocycles. The third-order valence-electron chi connectivity index (χ3n) is 6.01. The Morgan fingerprint density at radius 1 is 1.10 bits per heavy atom. The number of piperazine rings is 1. The zero-order valence-corrected chi connectivity index (χ0v) is 17.8. The van der Waals surface area contributed by atoms with Crippen LogP contribution in [0.3, 0.4) is 0 Å². The van der Waals surface area contributed by atoms with Crippen LogP contribution >= 0.6 is 0 Å². The van der Waals surface area contributed by atoms with Gasteiger partial charge in [-0.25, -0.2) is 4.39 Å². The molecule has 1 saturated heterocycles. The van der Waals surface area contributed by atoms with Crippen LogP contribution in [0.5, 0.6) is 5.75 Å². The lowest BCUT2D eigenvalue weighted by molar-refractivity contribution is 0.207. The molecular formula is C24H27FN4O2. The first kappa shape index (κ1) is 21.1. The van der Waals surface area contributed by atoms with Crippen LogP contribution in [0.1, 0.15) is 29.8 Å². The summed E-state index contributed by atoms with van der Waals surface area (Å²) < 4.78 is 15.9. The molecule has 4 rings (SSSR count). The highest BCUT2D eigenvalue weighted by Gasteiger charge is 2.31. The Bertz CT molecular complexity index is 1110. The average Bonchev–Trinajstić information content (AvgIpc) is 2.78. The van der Waals surface area contributed by atoms with Crippen molar-refractivity contribution in [2.75, 3.05) is 31.1 Å². The van der Waals surface area contributed by atoms with Crippen molar-refractivity contribution in [3.63, 3.8) is 0 Å². The van der Waals surface area contributed by atoms with E-state index >= 15 is 0 Å². The molecule has 1 aliphatic heterocycles. The van der Waals surface area contributed by atoms with Gasteiger partial charge in [0.2, 0.25) is 0 Å². The first-order valence-corrected chi connectivity index (χ1v) is 10.6. The second-order valence-electron chi connectivity index (χ2n) is 7.79. The van der Waals surface area contributed by atoms with E-state index in [9.17, 15) is 14.3 Å². The molecule has 2 aromatic heterocycles. The van der Waals surface area contributed by atoms with Crippen LogP contribution in [-0.2, 0) is 6.54 Å². The Labute approximate surface area is 181 Å². The maximum atomic E-state index is 14.2. The molecule has 31 heavy (non-hydrogen) atoms. The van der Waals surface area contributed by atoms with Crippen molar-refractivity contribution < 1.29 is 9.50 Å². The van der Waals surface area contributed by atoms with Crippen LogP contribution in [0, 0.1) is 12.7 Å². The highest BCUT2D eigenvalue weighted by atomic mass is 19.1. The van der Waals surface area contributed by atoms with Crippen molar-refractivity contribution in [1.82, 2.24) is 14.5 Å². The molecule has 1 N–H and O–H groups in total. The quantitative estimate of drug-likeness (QED) is 0.684. The molecule has 0 spiro atoms. The zero-order chi connectivity index (χ0) is 22.0. The SMILES string of the molecule is CCn1c(C)cc(O)c(C(c2ccncc2)N2CCN(c3ccccc3F)CC2)c1=O. The molecule has 162 valence electrons. The summed E-state index contributed by atoms with van der Waals surface area (Å²) in [4.78, 5) is 21.6. The van der Waals surface area contributed by atoms with Crippen LogP contribution in [-0.4, -0.2) is 45.7 Å². The lowest BCUT2D eigenvalue weighted by Crippen LogP contribution is -2.49. The number of pyridine rings is 2. The predicted molar refractivity (Wildman–Crippen MR) is 119 cm³/mol. The summed E-state index contributed by atoms with van der Waals surface area (Å²) in [5.74, 6) is -0.228. The molecule has 0 radical (unpaired) electrons. The van der Waals surface area contributed by atoms with E-state index in [0.717, 1.165) is 11.3 Å². The molecule has 6 nitrogen and oxygen atoms in total. The van der Waals surface area contributed by atoms with Gasteiger partial charge in [0.25, 0.3) is 5.56 Å². The van der Waals surface area contributed by atoms with Gasteiger partial charge in [-0.2, -0.15) is 0 Å². The summed E-state index contributed by atoms with van der Waals surface area (Å²) in [6, 6.07) is 11.8. The Kier molecular flexibility index (Phi) is 6.04. The van der Waals surface area contributed by atoms with Gasteiger partial charge in [0.1, 0.15) is 11.6 Å². The summed E-state index contributed by atoms with van der Waals surface area (Å²) in [5.41, 5.74) is 2.41. The number of hydrogen-bond acceptors (Lipinski definition) is 5. The largest absolute Gasteiger partial charge is 0.507 e. The molecule has 1 atom stereocenters. The van der Waals surface area contributed by atoms with E-state index in [4.69, 9.17) is 0 Å². The third kappa shape index (κ3) is 4.05. The van der Waals surface area contributed by atoms with E-state index in [0.29, 0.717) is 44.0 Å². The monoisotopic (exact) mass is 422 g/mol. The predicted octanol–water partition coefficient (Wildman–Crippen LogP) is 3.33. The van der Waals surface area contributed by atoms with Gasteiger partial charge < -0.3 is 14.6 Å². The van der Waals surface area contributed by atoms with Crippen molar-refractivity contribution >= 4 is 5.69 Å². The zero-order valence-electron chi connectivity index (χ0n) is 17.8. The maximum absolute atomic E-state index is 14.2. The number of nitrogens with zero attached hydrogens (tertiary/aromatic N) is 4. The Balaban J connectivity index is 1.71. The molecule has 1 unspecified atom stereocenters. The third-order valence-corrected chi connectivity index (χ3v) is 6.01. The topological polar surface area (TPSA) is 61.6 Å². The second-order valence-corrected chi connectivity index (χ2v) is 7.79. The van der Waals surface area contributed by atoms with Gasteiger partial charge in [0.05, 0.1) is 17.3 Å². The first-order valence-electron chi connectivity index (χ1n) is 10.6. The molecule has 1 aliphatic rings. The number of rotatable bonds is 5. The van der Waals surface area contributed by atoms with E-state index in [1.165, 1.54) is 6.07 Å². The maximum Gasteiger partial charge on any atom is 0.259 e. The normalized spacial score (nSPS) is 15.8. The fourth-order valence-electron chi connectivity index (χ4n) is 4.45. The van der Waals surface area contributed by atoms with Gasteiger partial charge in [0, 0.05) is 50.8 Å². The number of anilines is 1. The fraction of sp³-hybridized carbons (Fsp3) is 0.333. The standard InChI is InChI=1S/C24H27FN4O2/c1-3-29-17(2)16-21(30)22(24(29)31)23(18-8-10-26-11-9-18)28-14-12-27(13-15-28)20-7-5-4-6-19(20)25/h4-11,16,23,30H,3,12-15H2,1-2H3. The fourth-order valence-corrected chi connectivity index (χ4v) is 4.45. The van der Waals surface area contributed by atoms with Gasteiger partial charge in [-0.05, 0) is 49.7 Å². The minimum Gasteiger partial charge on any atom is -0.507 e. The summed E-state index contributed by atoms with van der Waals surface area (Å²) in [5, 5.41) is 10.8. The molecule has 3 heterocycles. The number of halogens is 1. The smallest absolute Gasteiger partial charge is 0.259 e. The molecule has 7 heteroatoms. The number of para-hydroxylation sites is 1. The summed E-state index contributed by atoms with van der Waals surface area (Å²) >= 11 is 0. The number of hydrogen-bond donors (Lipinski definition) is 1. The van der Waals surface area contributed by atoms with Crippen LogP contribution < -0.4 is 10.5 Å². The van der Waals surface area contributed by atoms with Crippen molar-refractivity contribution in [2.24, 2.45) is 0 Å². The number of aromatic nitrogens is 2. The Morgan fingerprint density at radius 2 is 1.77 bits per heavy atom. The van der Waals surface area contributed by atoms with Crippen LogP contribution in [0.2, 0.25) is 0 Å². The van der Waals surface area contributed by atoms with Gasteiger partial charge in [-0.3, -0.25) is 14.7 Å². The van der Waals surface area contributed by atoms with E-state index in [-0.39, 0.29) is 17.1 Å². The molecule has 0 saturated carbocycles. The minimum atomic E-state index is -0.406. The molecule has 0 aliphatic carbocycles. The van der Waals surface area contributed by atoms with Crippen molar-refractivity contribution in [3.05, 3.63) is 87.9 Å². The first-order chi connectivity index (χ1) is 15.0. The van der Waals surface area contributed by atoms with Crippen LogP contribution in [0.4, 0.5) is 10.1 Å². The van der Waals surface area contributed by atoms with E-state index < -0.39 is 6.04 Å². The van der Waals surface area contributed by atoms with Gasteiger partial charge in [-0.1, -0.05) is 12.1 Å². The second kappa shape index (κ2) is 8.89. The summed E-state index contributed by atoms with van der Waals surface area (Å²) in [7, 11) is 0. The van der Waals surface area contributed by atoms with Crippen molar-refractivity contribution in [3.8, 4) is 5.75 Å². The molecule has 0 amide bonds. The average molecular weight is 423 g/mol. The van der Waals surface area contributed by atoms with Crippen molar-refractivity contribution in [1.29, 1.82) is 0 Å². The molecule has 0 bridgehead atoms. The van der Waals surface area contributed by atoms with Crippen LogP contribution in [0.25, 0.3) is 0 Å². The van der Waals surface area contributed by atoms with Crippen molar-refractivity contribution in [2.45, 2.75) is 26.4 Å². The molecule has 3 aromatic rings. The van der Waals surface area contributed by atoms with Gasteiger partial charge in [0.15, 0.2) is 0 Å². The molecular weight excluding hydrogens is 395 g/mol. The van der Waals surface area contributed by atoms with E-state index in [2.05, 4.69) is 9.88 Å². The molecule has 1 fully saturated rings. The Hall–Kier alpha value is -3.19. The summed E-state index contributed by atoms with van der Waals surface area (Å²) in [6.07, 6.45) is 3.39. The summed E-state index contributed by atoms with van der Waals surface area (Å²) in [6.45, 7) is 6.77. The number of aryl methyl sites for hydroxylation is 1. The number of benzene rings is 1. The van der Waals surface area contributed by atoms with Gasteiger partial charge >= 0.3 is 0 Å². The number of aromatic hydroxyl groups is 1. The Morgan fingerprint density at radius 3 is 2.42 bits per heavy atom. The highest BCUT2D eigenvalue weighted by Crippen LogP contribution is 2.33.